The summed E-state index contributed by atoms with van der Waals surface area (Å²) in [7, 11) is 0. The summed E-state index contributed by atoms with van der Waals surface area (Å²) in [6, 6.07) is 14.4. The Bertz CT molecular complexity index is 732. The Balaban J connectivity index is 0.000000293. The zero-order valence-corrected chi connectivity index (χ0v) is 14.8. The molecule has 2 aromatic rings. The summed E-state index contributed by atoms with van der Waals surface area (Å²) in [6.45, 7) is 6.15. The van der Waals surface area contributed by atoms with Gasteiger partial charge in [-0.1, -0.05) is 43.7 Å². The number of carbonyl (C=O) groups excluding carboxylic acids is 1. The van der Waals surface area contributed by atoms with Gasteiger partial charge in [-0.3, -0.25) is 4.79 Å². The van der Waals surface area contributed by atoms with Crippen molar-refractivity contribution in [3.8, 4) is 11.8 Å². The number of hydrogen-bond acceptors (Lipinski definition) is 5. The first-order chi connectivity index (χ1) is 11.8. The summed E-state index contributed by atoms with van der Waals surface area (Å²) in [5.41, 5.74) is 8.10. The van der Waals surface area contributed by atoms with Crippen LogP contribution in [0.3, 0.4) is 0 Å². The second kappa shape index (κ2) is 9.45. The quantitative estimate of drug-likeness (QED) is 0.643. The third kappa shape index (κ3) is 7.06. The maximum Gasteiger partial charge on any atom is 0.150 e. The van der Waals surface area contributed by atoms with Gasteiger partial charge in [0.25, 0.3) is 0 Å². The minimum absolute atomic E-state index is 0.0316. The van der Waals surface area contributed by atoms with Crippen LogP contribution in [0.15, 0.2) is 42.5 Å². The fourth-order valence-corrected chi connectivity index (χ4v) is 1.72. The highest BCUT2D eigenvalue weighted by Gasteiger charge is 2.18. The maximum atomic E-state index is 10.1. The zero-order valence-electron chi connectivity index (χ0n) is 14.8. The Hall–Kier alpha value is -2.84. The van der Waals surface area contributed by atoms with E-state index in [1.165, 1.54) is 5.56 Å². The van der Waals surface area contributed by atoms with E-state index in [9.17, 15) is 4.79 Å². The molecule has 3 N–H and O–H groups in total. The van der Waals surface area contributed by atoms with Crippen molar-refractivity contribution in [2.75, 3.05) is 18.9 Å². The van der Waals surface area contributed by atoms with Crippen LogP contribution in [0.4, 0.5) is 5.69 Å². The van der Waals surface area contributed by atoms with E-state index in [2.05, 4.69) is 0 Å². The predicted molar refractivity (Wildman–Crippen MR) is 98.5 cm³/mol. The van der Waals surface area contributed by atoms with Crippen LogP contribution < -0.4 is 10.5 Å². The second-order valence-corrected chi connectivity index (χ2v) is 6.51. The van der Waals surface area contributed by atoms with Gasteiger partial charge in [0.05, 0.1) is 18.8 Å². The van der Waals surface area contributed by atoms with Gasteiger partial charge in [-0.05, 0) is 25.1 Å². The molecule has 0 bridgehead atoms. The molecule has 0 saturated carbocycles. The minimum atomic E-state index is -0.325. The number of aryl methyl sites for hydroxylation is 1. The molecule has 5 nitrogen and oxygen atoms in total. The lowest BCUT2D eigenvalue weighted by atomic mass is 9.96. The van der Waals surface area contributed by atoms with Gasteiger partial charge in [0, 0.05) is 16.7 Å². The summed E-state index contributed by atoms with van der Waals surface area (Å²) < 4.78 is 5.50. The van der Waals surface area contributed by atoms with Crippen molar-refractivity contribution in [1.29, 1.82) is 5.26 Å². The number of aliphatic hydroxyl groups excluding tert-OH is 1. The number of aldehydes is 1. The molecule has 0 heterocycles. The third-order valence-electron chi connectivity index (χ3n) is 3.38. The van der Waals surface area contributed by atoms with Crippen LogP contribution in [-0.4, -0.2) is 24.6 Å². The molecule has 0 amide bonds. The van der Waals surface area contributed by atoms with Gasteiger partial charge in [-0.2, -0.15) is 5.26 Å². The van der Waals surface area contributed by atoms with Gasteiger partial charge >= 0.3 is 0 Å². The SMILES string of the molecule is CC(C)(CO)COc1ccc(N)cc1C#N.Cc1ccc(C=O)cc1. The molecular formula is C20H24N2O3. The van der Waals surface area contributed by atoms with Crippen molar-refractivity contribution in [3.63, 3.8) is 0 Å². The molecule has 0 unspecified atom stereocenters. The largest absolute Gasteiger partial charge is 0.492 e. The van der Waals surface area contributed by atoms with Crippen molar-refractivity contribution >= 4 is 12.0 Å². The number of rotatable bonds is 5. The van der Waals surface area contributed by atoms with Crippen LogP contribution in [0.25, 0.3) is 0 Å². The Labute approximate surface area is 148 Å². The van der Waals surface area contributed by atoms with Gasteiger partial charge in [0.15, 0.2) is 0 Å². The van der Waals surface area contributed by atoms with Gasteiger partial charge in [-0.25, -0.2) is 0 Å². The number of carbonyl (C=O) groups is 1. The number of nitrogens with zero attached hydrogens (tertiary/aromatic N) is 1. The molecule has 0 saturated heterocycles. The van der Waals surface area contributed by atoms with E-state index in [0.717, 1.165) is 11.8 Å². The molecule has 0 aliphatic rings. The van der Waals surface area contributed by atoms with Crippen molar-refractivity contribution in [2.24, 2.45) is 5.41 Å². The smallest absolute Gasteiger partial charge is 0.150 e. The fraction of sp³-hybridized carbons (Fsp3) is 0.300. The molecule has 0 atom stereocenters. The predicted octanol–water partition coefficient (Wildman–Crippen LogP) is 3.35. The Morgan fingerprint density at radius 3 is 2.40 bits per heavy atom. The number of nitrogens with two attached hydrogens (primary N) is 1. The molecule has 0 aromatic heterocycles. The standard InChI is InChI=1S/C12H16N2O2.C8H8O/c1-12(2,7-15)8-16-11-4-3-10(14)5-9(11)6-13;1-7-2-4-8(6-9)5-3-7/h3-5,15H,7-8,14H2,1-2H3;2-6H,1H3. The van der Waals surface area contributed by atoms with E-state index in [1.807, 2.05) is 51.1 Å². The van der Waals surface area contributed by atoms with E-state index in [-0.39, 0.29) is 12.0 Å². The van der Waals surface area contributed by atoms with E-state index in [1.54, 1.807) is 18.2 Å². The number of benzene rings is 2. The van der Waals surface area contributed by atoms with Crippen LogP contribution in [0.2, 0.25) is 0 Å². The maximum absolute atomic E-state index is 10.1. The topological polar surface area (TPSA) is 96.3 Å². The number of anilines is 1. The normalized spacial score (nSPS) is 10.2. The Morgan fingerprint density at radius 2 is 1.88 bits per heavy atom. The monoisotopic (exact) mass is 340 g/mol. The van der Waals surface area contributed by atoms with Crippen LogP contribution in [0.1, 0.15) is 35.3 Å². The first kappa shape index (κ1) is 20.2. The van der Waals surface area contributed by atoms with Crippen LogP contribution in [-0.2, 0) is 0 Å². The Kier molecular flexibility index (Phi) is 7.64. The summed E-state index contributed by atoms with van der Waals surface area (Å²) >= 11 is 0. The molecular weight excluding hydrogens is 316 g/mol. The molecule has 0 radical (unpaired) electrons. The summed E-state index contributed by atoms with van der Waals surface area (Å²) in [6.07, 6.45) is 0.847. The Morgan fingerprint density at radius 1 is 1.24 bits per heavy atom. The minimum Gasteiger partial charge on any atom is -0.492 e. The van der Waals surface area contributed by atoms with E-state index in [4.69, 9.17) is 20.8 Å². The number of hydrogen-bond donors (Lipinski definition) is 2. The third-order valence-corrected chi connectivity index (χ3v) is 3.38. The molecule has 5 heteroatoms. The molecule has 2 aromatic carbocycles. The summed E-state index contributed by atoms with van der Waals surface area (Å²) in [5.74, 6) is 0.498. The van der Waals surface area contributed by atoms with E-state index >= 15 is 0 Å². The number of ether oxygens (including phenoxy) is 1. The average molecular weight is 340 g/mol. The van der Waals surface area contributed by atoms with Crippen molar-refractivity contribution < 1.29 is 14.6 Å². The van der Waals surface area contributed by atoms with Crippen molar-refractivity contribution in [3.05, 3.63) is 59.2 Å². The zero-order chi connectivity index (χ0) is 18.9. The summed E-state index contributed by atoms with van der Waals surface area (Å²) in [5, 5.41) is 18.0. The van der Waals surface area contributed by atoms with Crippen molar-refractivity contribution in [1.82, 2.24) is 0 Å². The molecule has 0 aliphatic heterocycles. The van der Waals surface area contributed by atoms with Crippen LogP contribution >= 0.6 is 0 Å². The highest BCUT2D eigenvalue weighted by atomic mass is 16.5. The average Bonchev–Trinajstić information content (AvgIpc) is 2.62. The lowest BCUT2D eigenvalue weighted by Crippen LogP contribution is -2.25. The van der Waals surface area contributed by atoms with Gasteiger partial charge in [-0.15, -0.1) is 0 Å². The molecule has 0 fully saturated rings. The molecule has 25 heavy (non-hydrogen) atoms. The first-order valence-electron chi connectivity index (χ1n) is 7.86. The van der Waals surface area contributed by atoms with Crippen molar-refractivity contribution in [2.45, 2.75) is 20.8 Å². The lowest BCUT2D eigenvalue weighted by molar-refractivity contribution is 0.0974. The van der Waals surface area contributed by atoms with Crippen LogP contribution in [0, 0.1) is 23.7 Å². The molecule has 0 spiro atoms. The molecule has 132 valence electrons. The molecule has 0 aliphatic carbocycles. The van der Waals surface area contributed by atoms with Crippen LogP contribution in [0.5, 0.6) is 5.75 Å². The summed E-state index contributed by atoms with van der Waals surface area (Å²) in [4.78, 5) is 10.1. The van der Waals surface area contributed by atoms with E-state index in [0.29, 0.717) is 23.6 Å². The second-order valence-electron chi connectivity index (χ2n) is 6.51. The first-order valence-corrected chi connectivity index (χ1v) is 7.86. The van der Waals surface area contributed by atoms with Gasteiger partial charge < -0.3 is 15.6 Å². The number of nitriles is 1. The highest BCUT2D eigenvalue weighted by molar-refractivity contribution is 5.74. The number of nitrogen functional groups attached to an aromatic ring is 1. The number of aliphatic hydroxyl groups is 1. The van der Waals surface area contributed by atoms with Gasteiger partial charge in [0.2, 0.25) is 0 Å². The molecule has 2 rings (SSSR count). The highest BCUT2D eigenvalue weighted by Crippen LogP contribution is 2.23. The van der Waals surface area contributed by atoms with Gasteiger partial charge in [0.1, 0.15) is 18.1 Å². The fourth-order valence-electron chi connectivity index (χ4n) is 1.72. The lowest BCUT2D eigenvalue weighted by Gasteiger charge is -2.22. The van der Waals surface area contributed by atoms with E-state index < -0.39 is 0 Å².